The molecule has 1 atom stereocenters. The van der Waals surface area contributed by atoms with E-state index in [-0.39, 0.29) is 12.1 Å². The van der Waals surface area contributed by atoms with Crippen molar-refractivity contribution in [1.29, 1.82) is 0 Å². The van der Waals surface area contributed by atoms with Gasteiger partial charge in [-0.3, -0.25) is 0 Å². The largest absolute Gasteiger partial charge is 0.465 e. The molecule has 0 radical (unpaired) electrons. The number of thiophene rings is 1. The zero-order valence-electron chi connectivity index (χ0n) is 11.3. The average molecular weight is 284 g/mol. The van der Waals surface area contributed by atoms with Gasteiger partial charge in [-0.15, -0.1) is 11.3 Å². The van der Waals surface area contributed by atoms with E-state index in [1.54, 1.807) is 0 Å². The maximum atomic E-state index is 11.6. The molecule has 0 amide bonds. The molecule has 6 heteroatoms. The fourth-order valence-electron chi connectivity index (χ4n) is 2.21. The molecule has 1 aliphatic rings. The monoisotopic (exact) mass is 284 g/mol. The fourth-order valence-corrected chi connectivity index (χ4v) is 3.28. The van der Waals surface area contributed by atoms with Crippen molar-refractivity contribution in [2.75, 3.05) is 37.4 Å². The van der Waals surface area contributed by atoms with Gasteiger partial charge in [-0.05, 0) is 25.8 Å². The first-order chi connectivity index (χ1) is 9.15. The van der Waals surface area contributed by atoms with Crippen molar-refractivity contribution in [3.8, 4) is 0 Å². The van der Waals surface area contributed by atoms with Gasteiger partial charge in [0.15, 0.2) is 0 Å². The normalized spacial score (nSPS) is 18.5. The van der Waals surface area contributed by atoms with Crippen LogP contribution in [0.4, 0.5) is 10.7 Å². The molecule has 2 heterocycles. The summed E-state index contributed by atoms with van der Waals surface area (Å²) in [7, 11) is 1.37. The van der Waals surface area contributed by atoms with Crippen LogP contribution < -0.4 is 10.6 Å². The first-order valence-corrected chi connectivity index (χ1v) is 7.31. The first kappa shape index (κ1) is 14.1. The van der Waals surface area contributed by atoms with Crippen molar-refractivity contribution in [1.82, 2.24) is 0 Å². The summed E-state index contributed by atoms with van der Waals surface area (Å²) in [5.74, 6) is -0.373. The summed E-state index contributed by atoms with van der Waals surface area (Å²) in [6.45, 7) is 4.64. The van der Waals surface area contributed by atoms with Crippen LogP contribution in [0.3, 0.4) is 0 Å². The lowest BCUT2D eigenvalue weighted by molar-refractivity contribution is 0.0607. The van der Waals surface area contributed by atoms with Crippen LogP contribution in [0.5, 0.6) is 0 Å². The van der Waals surface area contributed by atoms with E-state index in [4.69, 9.17) is 15.2 Å². The summed E-state index contributed by atoms with van der Waals surface area (Å²) in [5, 5.41) is 0.996. The Bertz CT molecular complexity index is 441. The number of rotatable bonds is 5. The molecule has 1 aromatic rings. The number of nitrogen functional groups attached to an aromatic ring is 1. The average Bonchev–Trinajstić information content (AvgIpc) is 3.04. The standard InChI is InChI=1S/C13H20N2O3S/c1-3-15(8-9-5-4-6-18-9)11-7-10(14)12(19-11)13(16)17-2/h7,9H,3-6,8,14H2,1-2H3. The number of carbonyl (C=O) groups is 1. The van der Waals surface area contributed by atoms with Gasteiger partial charge in [0, 0.05) is 19.7 Å². The Morgan fingerprint density at radius 1 is 1.68 bits per heavy atom. The lowest BCUT2D eigenvalue weighted by Gasteiger charge is -2.24. The number of ether oxygens (including phenoxy) is 2. The minimum absolute atomic E-state index is 0.282. The second kappa shape index (κ2) is 6.25. The maximum absolute atomic E-state index is 11.6. The molecule has 1 unspecified atom stereocenters. The molecule has 0 aliphatic carbocycles. The van der Waals surface area contributed by atoms with Crippen molar-refractivity contribution in [2.45, 2.75) is 25.9 Å². The Morgan fingerprint density at radius 3 is 3.05 bits per heavy atom. The molecule has 0 saturated carbocycles. The lowest BCUT2D eigenvalue weighted by atomic mass is 10.2. The highest BCUT2D eigenvalue weighted by Crippen LogP contribution is 2.33. The van der Waals surface area contributed by atoms with Crippen molar-refractivity contribution in [3.05, 3.63) is 10.9 Å². The van der Waals surface area contributed by atoms with Gasteiger partial charge in [0.05, 0.1) is 23.9 Å². The number of carbonyl (C=O) groups excluding carboxylic acids is 1. The minimum atomic E-state index is -0.373. The van der Waals surface area contributed by atoms with Crippen LogP contribution in [0.2, 0.25) is 0 Å². The van der Waals surface area contributed by atoms with E-state index in [1.807, 2.05) is 6.07 Å². The van der Waals surface area contributed by atoms with Crippen LogP contribution >= 0.6 is 11.3 Å². The van der Waals surface area contributed by atoms with Crippen LogP contribution in [0, 0.1) is 0 Å². The fraction of sp³-hybridized carbons (Fsp3) is 0.615. The zero-order valence-corrected chi connectivity index (χ0v) is 12.2. The Hall–Kier alpha value is -1.27. The highest BCUT2D eigenvalue weighted by atomic mass is 32.1. The van der Waals surface area contributed by atoms with Crippen LogP contribution in [-0.2, 0) is 9.47 Å². The highest BCUT2D eigenvalue weighted by Gasteiger charge is 2.22. The molecule has 2 N–H and O–H groups in total. The molecular formula is C13H20N2O3S. The molecule has 1 aromatic heterocycles. The van der Waals surface area contributed by atoms with E-state index < -0.39 is 0 Å². The number of anilines is 2. The van der Waals surface area contributed by atoms with Gasteiger partial charge in [-0.25, -0.2) is 4.79 Å². The van der Waals surface area contributed by atoms with Gasteiger partial charge in [-0.1, -0.05) is 0 Å². The number of methoxy groups -OCH3 is 1. The quantitative estimate of drug-likeness (QED) is 0.839. The molecule has 106 valence electrons. The van der Waals surface area contributed by atoms with Crippen molar-refractivity contribution < 1.29 is 14.3 Å². The van der Waals surface area contributed by atoms with Crippen LogP contribution in [0.15, 0.2) is 6.07 Å². The van der Waals surface area contributed by atoms with Crippen LogP contribution in [-0.4, -0.2) is 38.9 Å². The first-order valence-electron chi connectivity index (χ1n) is 6.49. The summed E-state index contributed by atoms with van der Waals surface area (Å²) in [6.07, 6.45) is 2.51. The molecule has 0 bridgehead atoms. The molecule has 2 rings (SSSR count). The summed E-state index contributed by atoms with van der Waals surface area (Å²) in [4.78, 5) is 14.2. The number of hydrogen-bond donors (Lipinski definition) is 1. The van der Waals surface area contributed by atoms with E-state index >= 15 is 0 Å². The maximum Gasteiger partial charge on any atom is 0.350 e. The van der Waals surface area contributed by atoms with Gasteiger partial charge < -0.3 is 20.1 Å². The summed E-state index contributed by atoms with van der Waals surface area (Å²) >= 11 is 1.38. The Labute approximate surface area is 117 Å². The highest BCUT2D eigenvalue weighted by molar-refractivity contribution is 7.18. The van der Waals surface area contributed by atoms with E-state index in [2.05, 4.69) is 11.8 Å². The van der Waals surface area contributed by atoms with Gasteiger partial charge in [0.2, 0.25) is 0 Å². The van der Waals surface area contributed by atoms with Gasteiger partial charge >= 0.3 is 5.97 Å². The predicted molar refractivity (Wildman–Crippen MR) is 76.9 cm³/mol. The summed E-state index contributed by atoms with van der Waals surface area (Å²) in [6, 6.07) is 1.84. The second-order valence-corrected chi connectivity index (χ2v) is 5.56. The number of esters is 1. The molecule has 1 fully saturated rings. The molecular weight excluding hydrogens is 264 g/mol. The lowest BCUT2D eigenvalue weighted by Crippen LogP contribution is -2.31. The number of likely N-dealkylation sites (N-methyl/N-ethyl adjacent to an activating group) is 1. The number of nitrogens with zero attached hydrogens (tertiary/aromatic N) is 1. The van der Waals surface area contributed by atoms with Gasteiger partial charge in [0.25, 0.3) is 0 Å². The van der Waals surface area contributed by atoms with Gasteiger partial charge in [0.1, 0.15) is 4.88 Å². The zero-order chi connectivity index (χ0) is 13.8. The molecule has 19 heavy (non-hydrogen) atoms. The summed E-state index contributed by atoms with van der Waals surface area (Å²) in [5.41, 5.74) is 6.35. The van der Waals surface area contributed by atoms with Crippen LogP contribution in [0.25, 0.3) is 0 Å². The van der Waals surface area contributed by atoms with Crippen LogP contribution in [0.1, 0.15) is 29.4 Å². The molecule has 1 aliphatic heterocycles. The smallest absolute Gasteiger partial charge is 0.350 e. The topological polar surface area (TPSA) is 64.8 Å². The molecule has 5 nitrogen and oxygen atoms in total. The predicted octanol–water partition coefficient (Wildman–Crippen LogP) is 2.12. The SMILES string of the molecule is CCN(CC1CCCO1)c1cc(N)c(C(=O)OC)s1. The third-order valence-electron chi connectivity index (χ3n) is 3.26. The van der Waals surface area contributed by atoms with Crippen molar-refractivity contribution in [3.63, 3.8) is 0 Å². The minimum Gasteiger partial charge on any atom is -0.465 e. The van der Waals surface area contributed by atoms with E-state index in [0.29, 0.717) is 10.6 Å². The van der Waals surface area contributed by atoms with Crippen molar-refractivity contribution >= 4 is 28.0 Å². The number of nitrogens with two attached hydrogens (primary N) is 1. The van der Waals surface area contributed by atoms with Crippen molar-refractivity contribution in [2.24, 2.45) is 0 Å². The molecule has 0 aromatic carbocycles. The Balaban J connectivity index is 2.11. The van der Waals surface area contributed by atoms with E-state index in [9.17, 15) is 4.79 Å². The third kappa shape index (κ3) is 3.19. The van der Waals surface area contributed by atoms with E-state index in [1.165, 1.54) is 18.4 Å². The number of hydrogen-bond acceptors (Lipinski definition) is 6. The molecule has 0 spiro atoms. The third-order valence-corrected chi connectivity index (χ3v) is 4.45. The van der Waals surface area contributed by atoms with Gasteiger partial charge in [-0.2, -0.15) is 0 Å². The Morgan fingerprint density at radius 2 is 2.47 bits per heavy atom. The summed E-state index contributed by atoms with van der Waals surface area (Å²) < 4.78 is 10.4. The molecule has 1 saturated heterocycles. The second-order valence-electron chi connectivity index (χ2n) is 4.53. The Kier molecular flexibility index (Phi) is 4.66. The van der Waals surface area contributed by atoms with E-state index in [0.717, 1.165) is 37.5 Å².